The van der Waals surface area contributed by atoms with E-state index >= 15 is 0 Å². The number of benzene rings is 1. The van der Waals surface area contributed by atoms with Crippen LogP contribution in [0.3, 0.4) is 0 Å². The van der Waals surface area contributed by atoms with E-state index in [2.05, 4.69) is 34.2 Å². The van der Waals surface area contributed by atoms with Crippen LogP contribution in [0.15, 0.2) is 44.0 Å². The Morgan fingerprint density at radius 2 is 2.00 bits per heavy atom. The average molecular weight is 508 g/mol. The van der Waals surface area contributed by atoms with Crippen LogP contribution in [-0.4, -0.2) is 37.7 Å². The number of carbonyl (C=O) groups excluding carboxylic acids is 1. The number of allylic oxidation sites excluding steroid dienone is 4. The molecule has 1 aliphatic heterocycles. The number of dihydropyridines is 1. The van der Waals surface area contributed by atoms with Crippen molar-refractivity contribution in [2.45, 2.75) is 50.3 Å². The third-order valence-corrected chi connectivity index (χ3v) is 8.31. The Morgan fingerprint density at radius 3 is 2.58 bits per heavy atom. The van der Waals surface area contributed by atoms with E-state index < -0.39 is 21.7 Å². The predicted octanol–water partition coefficient (Wildman–Crippen LogP) is 3.92. The third kappa shape index (κ3) is 4.16. The maximum atomic E-state index is 13.2. The summed E-state index contributed by atoms with van der Waals surface area (Å²) in [7, 11) is -1.19. The molecule has 1 heterocycles. The summed E-state index contributed by atoms with van der Waals surface area (Å²) in [6, 6.07) is 5.15. The zero-order valence-electron chi connectivity index (χ0n) is 18.0. The molecule has 31 heavy (non-hydrogen) atoms. The van der Waals surface area contributed by atoms with Crippen molar-refractivity contribution < 1.29 is 18.3 Å². The van der Waals surface area contributed by atoms with Crippen LogP contribution in [-0.2, 0) is 14.8 Å². The summed E-state index contributed by atoms with van der Waals surface area (Å²) >= 11 is 3.25. The number of carbonyl (C=O) groups is 1. The average Bonchev–Trinajstić information content (AvgIpc) is 2.68. The molecule has 9 heteroatoms. The number of hydrogen-bond donors (Lipinski definition) is 2. The number of ketones is 1. The molecule has 0 bridgehead atoms. The van der Waals surface area contributed by atoms with E-state index in [0.717, 1.165) is 22.8 Å². The molecule has 1 aliphatic carbocycles. The van der Waals surface area contributed by atoms with E-state index in [0.29, 0.717) is 35.2 Å². The van der Waals surface area contributed by atoms with E-state index in [1.165, 1.54) is 20.2 Å². The van der Waals surface area contributed by atoms with Crippen molar-refractivity contribution in [2.75, 3.05) is 14.1 Å². The van der Waals surface area contributed by atoms with Crippen molar-refractivity contribution in [3.63, 3.8) is 0 Å². The summed E-state index contributed by atoms with van der Waals surface area (Å²) in [5, 5.41) is 23.6. The molecule has 2 unspecified atom stereocenters. The fourth-order valence-electron chi connectivity index (χ4n) is 4.37. The first-order valence-electron chi connectivity index (χ1n) is 10.1. The molecule has 0 radical (unpaired) electrons. The molecular weight excluding hydrogens is 482 g/mol. The van der Waals surface area contributed by atoms with Crippen molar-refractivity contribution in [2.24, 2.45) is 5.92 Å². The largest absolute Gasteiger partial charge is 0.505 e. The minimum absolute atomic E-state index is 0.0290. The number of hydrogen-bond acceptors (Lipinski definition) is 6. The molecule has 1 aromatic rings. The van der Waals surface area contributed by atoms with E-state index in [-0.39, 0.29) is 21.1 Å². The van der Waals surface area contributed by atoms with Crippen molar-refractivity contribution >= 4 is 31.7 Å². The maximum absolute atomic E-state index is 13.2. The van der Waals surface area contributed by atoms with Crippen molar-refractivity contribution in [1.82, 2.24) is 9.62 Å². The number of phenols is 1. The molecule has 0 aromatic heterocycles. The summed E-state index contributed by atoms with van der Waals surface area (Å²) in [5.41, 5.74) is 2.80. The van der Waals surface area contributed by atoms with Gasteiger partial charge in [0.1, 0.15) is 10.6 Å². The SMILES string of the molecule is CCCC1CC(=O)C2=C(C1)NC(C)=C(C#N)C2c1cc(Br)c(O)c(S(=O)(=O)N(C)C)c1. The molecule has 2 aliphatic rings. The van der Waals surface area contributed by atoms with Gasteiger partial charge in [0.25, 0.3) is 0 Å². The minimum atomic E-state index is -3.95. The molecule has 1 aromatic carbocycles. The lowest BCUT2D eigenvalue weighted by Crippen LogP contribution is -2.34. The highest BCUT2D eigenvalue weighted by atomic mass is 79.9. The number of nitrogens with one attached hydrogen (secondary N) is 1. The fraction of sp³-hybridized carbons (Fsp3) is 0.455. The van der Waals surface area contributed by atoms with Crippen LogP contribution in [0.25, 0.3) is 0 Å². The molecule has 2 atom stereocenters. The maximum Gasteiger partial charge on any atom is 0.246 e. The molecule has 0 spiro atoms. The highest BCUT2D eigenvalue weighted by molar-refractivity contribution is 9.10. The van der Waals surface area contributed by atoms with Crippen molar-refractivity contribution in [3.8, 4) is 11.8 Å². The monoisotopic (exact) mass is 507 g/mol. The molecule has 0 fully saturated rings. The first kappa shape index (κ1) is 23.5. The van der Waals surface area contributed by atoms with Crippen LogP contribution in [0.1, 0.15) is 51.0 Å². The minimum Gasteiger partial charge on any atom is -0.505 e. The summed E-state index contributed by atoms with van der Waals surface area (Å²) < 4.78 is 26.8. The Hall–Kier alpha value is -2.15. The first-order valence-corrected chi connectivity index (χ1v) is 12.3. The lowest BCUT2D eigenvalue weighted by Gasteiger charge is -2.35. The van der Waals surface area contributed by atoms with Gasteiger partial charge in [0.15, 0.2) is 5.78 Å². The third-order valence-electron chi connectivity index (χ3n) is 5.87. The van der Waals surface area contributed by atoms with Crippen molar-refractivity contribution in [3.05, 3.63) is 44.7 Å². The summed E-state index contributed by atoms with van der Waals surface area (Å²) in [4.78, 5) is 12.9. The van der Waals surface area contributed by atoms with E-state index in [1.54, 1.807) is 13.0 Å². The Bertz CT molecular complexity index is 1150. The van der Waals surface area contributed by atoms with Crippen LogP contribution in [0.5, 0.6) is 5.75 Å². The van der Waals surface area contributed by atoms with Gasteiger partial charge in [-0.1, -0.05) is 13.3 Å². The predicted molar refractivity (Wildman–Crippen MR) is 121 cm³/mol. The van der Waals surface area contributed by atoms with Crippen LogP contribution in [0, 0.1) is 17.2 Å². The van der Waals surface area contributed by atoms with Crippen molar-refractivity contribution in [1.29, 1.82) is 5.26 Å². The zero-order valence-corrected chi connectivity index (χ0v) is 20.4. The molecule has 0 saturated heterocycles. The number of sulfonamides is 1. The highest BCUT2D eigenvalue weighted by Crippen LogP contribution is 2.46. The molecular formula is C22H26BrN3O4S. The molecule has 166 valence electrons. The van der Waals surface area contributed by atoms with Crippen LogP contribution in [0.4, 0.5) is 0 Å². The molecule has 0 saturated carbocycles. The quantitative estimate of drug-likeness (QED) is 0.624. The smallest absolute Gasteiger partial charge is 0.246 e. The lowest BCUT2D eigenvalue weighted by molar-refractivity contribution is -0.117. The number of halogens is 1. The Balaban J connectivity index is 2.24. The van der Waals surface area contributed by atoms with Gasteiger partial charge in [-0.15, -0.1) is 0 Å². The van der Waals surface area contributed by atoms with Gasteiger partial charge in [-0.3, -0.25) is 4.79 Å². The van der Waals surface area contributed by atoms with E-state index in [4.69, 9.17) is 0 Å². The number of aromatic hydroxyl groups is 1. The van der Waals surface area contributed by atoms with Crippen LogP contribution < -0.4 is 5.32 Å². The molecule has 2 N–H and O–H groups in total. The summed E-state index contributed by atoms with van der Waals surface area (Å²) in [6.07, 6.45) is 3.05. The topological polar surface area (TPSA) is 110 Å². The van der Waals surface area contributed by atoms with Gasteiger partial charge in [-0.2, -0.15) is 5.26 Å². The second kappa shape index (κ2) is 8.77. The van der Waals surface area contributed by atoms with Gasteiger partial charge in [-0.25, -0.2) is 12.7 Å². The van der Waals surface area contributed by atoms with Gasteiger partial charge in [0, 0.05) is 37.5 Å². The Morgan fingerprint density at radius 1 is 1.32 bits per heavy atom. The number of rotatable bonds is 5. The van der Waals surface area contributed by atoms with Gasteiger partial charge < -0.3 is 10.4 Å². The number of nitrogens with zero attached hydrogens (tertiary/aromatic N) is 2. The normalized spacial score (nSPS) is 21.8. The number of phenolic OH excluding ortho intramolecular Hbond substituents is 1. The lowest BCUT2D eigenvalue weighted by atomic mass is 9.72. The summed E-state index contributed by atoms with van der Waals surface area (Å²) in [5.74, 6) is -0.877. The standard InChI is InChI=1S/C22H26BrN3O4S/c1-5-6-13-7-17-21(18(27)8-13)20(15(11-24)12(2)25-17)14-9-16(23)22(28)19(10-14)31(29,30)26(3)4/h9-10,13,20,25,28H,5-8H2,1-4H3. The van der Waals surface area contributed by atoms with Crippen LogP contribution >= 0.6 is 15.9 Å². The first-order chi connectivity index (χ1) is 14.5. The highest BCUT2D eigenvalue weighted by Gasteiger charge is 2.39. The Labute approximate surface area is 191 Å². The second-order valence-electron chi connectivity index (χ2n) is 8.22. The molecule has 0 amide bonds. The van der Waals surface area contributed by atoms with E-state index in [1.807, 2.05) is 0 Å². The Kier molecular flexibility index (Phi) is 6.65. The summed E-state index contributed by atoms with van der Waals surface area (Å²) in [6.45, 7) is 3.88. The van der Waals surface area contributed by atoms with Gasteiger partial charge >= 0.3 is 0 Å². The second-order valence-corrected chi connectivity index (χ2v) is 11.2. The zero-order chi connectivity index (χ0) is 23.1. The number of nitriles is 1. The van der Waals surface area contributed by atoms with Crippen LogP contribution in [0.2, 0.25) is 0 Å². The van der Waals surface area contributed by atoms with Gasteiger partial charge in [0.2, 0.25) is 10.0 Å². The van der Waals surface area contributed by atoms with E-state index in [9.17, 15) is 23.6 Å². The van der Waals surface area contributed by atoms with Gasteiger partial charge in [-0.05, 0) is 59.3 Å². The molecule has 3 rings (SSSR count). The van der Waals surface area contributed by atoms with Gasteiger partial charge in [0.05, 0.1) is 22.0 Å². The number of Topliss-reactive ketones (excluding diaryl/α,β-unsaturated/α-hetero) is 1. The fourth-order valence-corrected chi connectivity index (χ4v) is 6.01. The molecule has 7 nitrogen and oxygen atoms in total.